The van der Waals surface area contributed by atoms with Crippen LogP contribution in [0.5, 0.6) is 0 Å². The maximum absolute atomic E-state index is 11.8. The molecule has 0 fully saturated rings. The van der Waals surface area contributed by atoms with Gasteiger partial charge in [-0.05, 0) is 58.5 Å². The van der Waals surface area contributed by atoms with Crippen molar-refractivity contribution in [2.24, 2.45) is 5.18 Å². The van der Waals surface area contributed by atoms with E-state index >= 15 is 0 Å². The van der Waals surface area contributed by atoms with Crippen LogP contribution in [-0.2, 0) is 9.84 Å². The number of rotatable bonds is 8. The van der Waals surface area contributed by atoms with E-state index in [0.717, 1.165) is 27.8 Å². The summed E-state index contributed by atoms with van der Waals surface area (Å²) in [5.74, 6) is -0.0442. The molecule has 4 aromatic rings. The topological polar surface area (TPSA) is 76.5 Å². The predicted molar refractivity (Wildman–Crippen MR) is 131 cm³/mol. The highest BCUT2D eigenvalue weighted by Gasteiger charge is 2.22. The zero-order chi connectivity index (χ0) is 23.3. The lowest BCUT2D eigenvalue weighted by molar-refractivity contribution is 0.594. The van der Waals surface area contributed by atoms with Gasteiger partial charge < -0.3 is 0 Å². The van der Waals surface area contributed by atoms with Crippen LogP contribution in [0, 0.1) is 4.91 Å². The van der Waals surface area contributed by atoms with Gasteiger partial charge in [-0.2, -0.15) is 4.91 Å². The summed E-state index contributed by atoms with van der Waals surface area (Å²) in [5, 5.41) is 3.43. The Morgan fingerprint density at radius 3 is 2.06 bits per heavy atom. The molecular weight excluding hydrogens is 432 g/mol. The fourth-order valence-corrected chi connectivity index (χ4v) is 4.66. The zero-order valence-corrected chi connectivity index (χ0v) is 19.0. The van der Waals surface area contributed by atoms with Gasteiger partial charge in [0.15, 0.2) is 9.84 Å². The predicted octanol–water partition coefficient (Wildman–Crippen LogP) is 6.18. The third kappa shape index (κ3) is 5.41. The molecule has 0 spiro atoms. The standard InChI is InChI=1S/C27H24N2O3S/c1-33(31,32)25-12-10-20(11-13-25)23-8-5-9-24(18-23)26(21-6-3-2-4-7-21)19-27(29-30)22-14-16-28-17-15-22/h2-18,26-27H,19H2,1H3. The molecule has 1 heterocycles. The van der Waals surface area contributed by atoms with E-state index in [1.807, 2.05) is 54.6 Å². The molecule has 0 aliphatic carbocycles. The summed E-state index contributed by atoms with van der Waals surface area (Å²) < 4.78 is 23.6. The van der Waals surface area contributed by atoms with Gasteiger partial charge in [-0.25, -0.2) is 8.42 Å². The van der Waals surface area contributed by atoms with Crippen LogP contribution in [0.2, 0.25) is 0 Å². The van der Waals surface area contributed by atoms with E-state index in [4.69, 9.17) is 0 Å². The molecular formula is C27H24N2O3S. The first-order valence-corrected chi connectivity index (χ1v) is 12.5. The van der Waals surface area contributed by atoms with Crippen LogP contribution in [0.25, 0.3) is 11.1 Å². The summed E-state index contributed by atoms with van der Waals surface area (Å²) in [6.07, 6.45) is 5.07. The Hall–Kier alpha value is -3.64. The number of benzene rings is 3. The SMILES string of the molecule is CS(=O)(=O)c1ccc(-c2cccc(C(CC(N=O)c3ccncc3)c3ccccc3)c2)cc1. The van der Waals surface area contributed by atoms with Crippen molar-refractivity contribution < 1.29 is 8.42 Å². The molecule has 2 atom stereocenters. The summed E-state index contributed by atoms with van der Waals surface area (Å²) in [6.45, 7) is 0. The highest BCUT2D eigenvalue weighted by atomic mass is 32.2. The molecule has 0 N–H and O–H groups in total. The lowest BCUT2D eigenvalue weighted by atomic mass is 9.83. The van der Waals surface area contributed by atoms with Crippen LogP contribution in [0.1, 0.15) is 35.1 Å². The highest BCUT2D eigenvalue weighted by molar-refractivity contribution is 7.90. The molecule has 0 aliphatic heterocycles. The first-order valence-electron chi connectivity index (χ1n) is 10.6. The summed E-state index contributed by atoms with van der Waals surface area (Å²) in [4.78, 5) is 16.1. The molecule has 3 aromatic carbocycles. The van der Waals surface area contributed by atoms with Crippen molar-refractivity contribution in [1.29, 1.82) is 0 Å². The van der Waals surface area contributed by atoms with Crippen LogP contribution >= 0.6 is 0 Å². The van der Waals surface area contributed by atoms with E-state index in [1.165, 1.54) is 6.26 Å². The molecule has 4 rings (SSSR count). The molecule has 5 nitrogen and oxygen atoms in total. The average Bonchev–Trinajstić information content (AvgIpc) is 2.85. The normalized spacial score (nSPS) is 13.2. The van der Waals surface area contributed by atoms with Gasteiger partial charge in [0, 0.05) is 24.6 Å². The van der Waals surface area contributed by atoms with E-state index in [0.29, 0.717) is 11.3 Å². The third-order valence-electron chi connectivity index (χ3n) is 5.78. The van der Waals surface area contributed by atoms with Gasteiger partial charge in [0.2, 0.25) is 0 Å². The smallest absolute Gasteiger partial charge is 0.175 e. The highest BCUT2D eigenvalue weighted by Crippen LogP contribution is 2.37. The molecule has 1 aromatic heterocycles. The fourth-order valence-electron chi connectivity index (χ4n) is 4.03. The van der Waals surface area contributed by atoms with E-state index in [9.17, 15) is 13.3 Å². The van der Waals surface area contributed by atoms with E-state index in [-0.39, 0.29) is 5.92 Å². The Morgan fingerprint density at radius 1 is 0.758 bits per heavy atom. The van der Waals surface area contributed by atoms with Gasteiger partial charge in [-0.1, -0.05) is 71.9 Å². The number of pyridine rings is 1. The first kappa shape index (κ1) is 22.6. The maximum Gasteiger partial charge on any atom is 0.175 e. The summed E-state index contributed by atoms with van der Waals surface area (Å²) in [7, 11) is -3.25. The number of hydrogen-bond acceptors (Lipinski definition) is 5. The van der Waals surface area contributed by atoms with Gasteiger partial charge in [-0.3, -0.25) is 4.98 Å². The minimum absolute atomic E-state index is 0.0442. The first-order chi connectivity index (χ1) is 16.0. The molecule has 6 heteroatoms. The molecule has 33 heavy (non-hydrogen) atoms. The third-order valence-corrected chi connectivity index (χ3v) is 6.91. The van der Waals surface area contributed by atoms with Gasteiger partial charge in [0.1, 0.15) is 6.04 Å². The number of hydrogen-bond donors (Lipinski definition) is 0. The Morgan fingerprint density at radius 2 is 1.42 bits per heavy atom. The van der Waals surface area contributed by atoms with Crippen molar-refractivity contribution in [2.75, 3.05) is 6.26 Å². The van der Waals surface area contributed by atoms with E-state index in [1.54, 1.807) is 24.5 Å². The van der Waals surface area contributed by atoms with Crippen LogP contribution in [0.3, 0.4) is 0 Å². The lowest BCUT2D eigenvalue weighted by Crippen LogP contribution is -2.07. The number of aromatic nitrogens is 1. The quantitative estimate of drug-likeness (QED) is 0.297. The number of sulfone groups is 1. The molecule has 0 radical (unpaired) electrons. The zero-order valence-electron chi connectivity index (χ0n) is 18.2. The summed E-state index contributed by atoms with van der Waals surface area (Å²) in [6, 6.07) is 28.3. The van der Waals surface area contributed by atoms with Gasteiger partial charge in [0.25, 0.3) is 0 Å². The van der Waals surface area contributed by atoms with Gasteiger partial charge >= 0.3 is 0 Å². The Balaban J connectivity index is 1.71. The summed E-state index contributed by atoms with van der Waals surface area (Å²) >= 11 is 0. The Kier molecular flexibility index (Phi) is 6.75. The van der Waals surface area contributed by atoms with Crippen molar-refractivity contribution in [2.45, 2.75) is 23.3 Å². The molecule has 2 unspecified atom stereocenters. The second-order valence-electron chi connectivity index (χ2n) is 8.02. The van der Waals surface area contributed by atoms with Crippen molar-refractivity contribution in [3.63, 3.8) is 0 Å². The summed E-state index contributed by atoms with van der Waals surface area (Å²) in [5.41, 5.74) is 4.91. The average molecular weight is 457 g/mol. The Bertz CT molecular complexity index is 1320. The monoisotopic (exact) mass is 456 g/mol. The Labute approximate surface area is 194 Å². The lowest BCUT2D eigenvalue weighted by Gasteiger charge is -2.22. The van der Waals surface area contributed by atoms with Crippen LogP contribution in [-0.4, -0.2) is 19.7 Å². The van der Waals surface area contributed by atoms with Gasteiger partial charge in [0.05, 0.1) is 4.90 Å². The molecule has 0 saturated heterocycles. The molecule has 0 saturated carbocycles. The second-order valence-corrected chi connectivity index (χ2v) is 10.0. The molecule has 0 aliphatic rings. The van der Waals surface area contributed by atoms with Crippen LogP contribution < -0.4 is 0 Å². The minimum Gasteiger partial charge on any atom is -0.265 e. The van der Waals surface area contributed by atoms with Crippen LogP contribution in [0.4, 0.5) is 0 Å². The van der Waals surface area contributed by atoms with Crippen molar-refractivity contribution in [3.05, 3.63) is 125 Å². The van der Waals surface area contributed by atoms with Gasteiger partial charge in [-0.15, -0.1) is 0 Å². The van der Waals surface area contributed by atoms with Crippen molar-refractivity contribution >= 4 is 9.84 Å². The molecule has 0 bridgehead atoms. The largest absolute Gasteiger partial charge is 0.265 e. The van der Waals surface area contributed by atoms with Crippen molar-refractivity contribution in [1.82, 2.24) is 4.98 Å². The maximum atomic E-state index is 11.8. The number of nitrogens with zero attached hydrogens (tertiary/aromatic N) is 2. The fraction of sp³-hybridized carbons (Fsp3) is 0.148. The number of nitroso groups, excluding NO2 is 1. The molecule has 166 valence electrons. The molecule has 0 amide bonds. The van der Waals surface area contributed by atoms with E-state index in [2.05, 4.69) is 34.4 Å². The van der Waals surface area contributed by atoms with Crippen molar-refractivity contribution in [3.8, 4) is 11.1 Å². The van der Waals surface area contributed by atoms with E-state index < -0.39 is 15.9 Å². The second kappa shape index (κ2) is 9.88. The van der Waals surface area contributed by atoms with Crippen LogP contribution in [0.15, 0.2) is 113 Å². The minimum atomic E-state index is -3.25.